The summed E-state index contributed by atoms with van der Waals surface area (Å²) in [6, 6.07) is 8.73. The van der Waals surface area contributed by atoms with E-state index in [1.165, 1.54) is 17.2 Å². The highest BCUT2D eigenvalue weighted by Gasteiger charge is 2.00. The summed E-state index contributed by atoms with van der Waals surface area (Å²) < 4.78 is 13.2. The van der Waals surface area contributed by atoms with Gasteiger partial charge in [0.2, 0.25) is 0 Å². The molecule has 2 N–H and O–H groups in total. The second kappa shape index (κ2) is 9.65. The van der Waals surface area contributed by atoms with Crippen molar-refractivity contribution in [2.24, 2.45) is 4.99 Å². The van der Waals surface area contributed by atoms with Gasteiger partial charge in [-0.3, -0.25) is 9.98 Å². The fourth-order valence-corrected chi connectivity index (χ4v) is 2.43. The van der Waals surface area contributed by atoms with Crippen LogP contribution in [0.15, 0.2) is 47.7 Å². The number of nitrogens with one attached hydrogen (secondary N) is 2. The fourth-order valence-electron chi connectivity index (χ4n) is 2.43. The van der Waals surface area contributed by atoms with Crippen LogP contribution in [0.1, 0.15) is 23.6 Å². The van der Waals surface area contributed by atoms with Gasteiger partial charge in [0.1, 0.15) is 5.82 Å². The Balaban J connectivity index is 1.83. The molecule has 1 aromatic heterocycles. The summed E-state index contributed by atoms with van der Waals surface area (Å²) in [5.74, 6) is 0.599. The zero-order chi connectivity index (χ0) is 17.2. The SMILES string of the molecule is CCNC(=NCCc1ccncc1C)NCCc1cccc(F)c1. The summed E-state index contributed by atoms with van der Waals surface area (Å²) >= 11 is 0. The lowest BCUT2D eigenvalue weighted by Gasteiger charge is -2.11. The van der Waals surface area contributed by atoms with Gasteiger partial charge in [0.25, 0.3) is 0 Å². The molecule has 0 radical (unpaired) electrons. The van der Waals surface area contributed by atoms with Crippen molar-refractivity contribution in [3.8, 4) is 0 Å². The molecule has 4 nitrogen and oxygen atoms in total. The molecule has 1 heterocycles. The molecule has 0 saturated heterocycles. The molecule has 2 aromatic rings. The molecule has 0 aliphatic heterocycles. The number of nitrogens with zero attached hydrogens (tertiary/aromatic N) is 2. The lowest BCUT2D eigenvalue weighted by atomic mass is 10.1. The lowest BCUT2D eigenvalue weighted by Crippen LogP contribution is -2.38. The van der Waals surface area contributed by atoms with Gasteiger partial charge < -0.3 is 10.6 Å². The number of aryl methyl sites for hydroxylation is 1. The molecule has 0 saturated carbocycles. The third-order valence-corrected chi connectivity index (χ3v) is 3.73. The lowest BCUT2D eigenvalue weighted by molar-refractivity contribution is 0.625. The predicted octanol–water partition coefficient (Wildman–Crippen LogP) is 2.87. The highest BCUT2D eigenvalue weighted by molar-refractivity contribution is 5.79. The van der Waals surface area contributed by atoms with Crippen molar-refractivity contribution in [1.82, 2.24) is 15.6 Å². The van der Waals surface area contributed by atoms with E-state index in [-0.39, 0.29) is 5.82 Å². The highest BCUT2D eigenvalue weighted by atomic mass is 19.1. The maximum atomic E-state index is 13.2. The van der Waals surface area contributed by atoms with Crippen LogP contribution in [-0.2, 0) is 12.8 Å². The van der Waals surface area contributed by atoms with E-state index in [0.29, 0.717) is 13.1 Å². The van der Waals surface area contributed by atoms with E-state index in [0.717, 1.165) is 30.9 Å². The molecular formula is C19H25FN4. The molecular weight excluding hydrogens is 303 g/mol. The maximum absolute atomic E-state index is 13.2. The largest absolute Gasteiger partial charge is 0.357 e. The van der Waals surface area contributed by atoms with Gasteiger partial charge >= 0.3 is 0 Å². The standard InChI is InChI=1S/C19H25FN4/c1-3-22-19(23-11-7-16-5-4-6-18(20)13-16)24-12-9-17-8-10-21-14-15(17)2/h4-6,8,10,13-14H,3,7,9,11-12H2,1-2H3,(H2,22,23,24). The van der Waals surface area contributed by atoms with Gasteiger partial charge in [-0.15, -0.1) is 0 Å². The number of pyridine rings is 1. The van der Waals surface area contributed by atoms with E-state index in [2.05, 4.69) is 27.5 Å². The topological polar surface area (TPSA) is 49.3 Å². The van der Waals surface area contributed by atoms with Crippen LogP contribution < -0.4 is 10.6 Å². The molecule has 128 valence electrons. The number of benzene rings is 1. The Morgan fingerprint density at radius 3 is 2.83 bits per heavy atom. The smallest absolute Gasteiger partial charge is 0.191 e. The summed E-state index contributed by atoms with van der Waals surface area (Å²) in [7, 11) is 0. The van der Waals surface area contributed by atoms with Crippen LogP contribution in [0.25, 0.3) is 0 Å². The fraction of sp³-hybridized carbons (Fsp3) is 0.368. The first-order valence-corrected chi connectivity index (χ1v) is 8.35. The highest BCUT2D eigenvalue weighted by Crippen LogP contribution is 2.06. The quantitative estimate of drug-likeness (QED) is 0.607. The molecule has 0 unspecified atom stereocenters. The summed E-state index contributed by atoms with van der Waals surface area (Å²) in [6.45, 7) is 6.33. The summed E-state index contributed by atoms with van der Waals surface area (Å²) in [5, 5.41) is 6.53. The predicted molar refractivity (Wildman–Crippen MR) is 96.8 cm³/mol. The van der Waals surface area contributed by atoms with Gasteiger partial charge in [0.15, 0.2) is 5.96 Å². The number of aromatic nitrogens is 1. The molecule has 0 amide bonds. The molecule has 0 spiro atoms. The Labute approximate surface area is 143 Å². The Kier molecular flexibility index (Phi) is 7.21. The molecule has 0 aliphatic carbocycles. The van der Waals surface area contributed by atoms with Crippen LogP contribution in [0.3, 0.4) is 0 Å². The molecule has 0 fully saturated rings. The van der Waals surface area contributed by atoms with E-state index in [1.54, 1.807) is 12.1 Å². The van der Waals surface area contributed by atoms with Gasteiger partial charge in [0, 0.05) is 32.0 Å². The molecule has 0 atom stereocenters. The average molecular weight is 328 g/mol. The first-order valence-electron chi connectivity index (χ1n) is 8.35. The second-order valence-electron chi connectivity index (χ2n) is 5.62. The van der Waals surface area contributed by atoms with E-state index < -0.39 is 0 Å². The van der Waals surface area contributed by atoms with E-state index in [9.17, 15) is 4.39 Å². The summed E-state index contributed by atoms with van der Waals surface area (Å²) in [5.41, 5.74) is 3.44. The van der Waals surface area contributed by atoms with Crippen molar-refractivity contribution < 1.29 is 4.39 Å². The van der Waals surface area contributed by atoms with Gasteiger partial charge in [0.05, 0.1) is 0 Å². The third-order valence-electron chi connectivity index (χ3n) is 3.73. The van der Waals surface area contributed by atoms with Crippen molar-refractivity contribution in [3.63, 3.8) is 0 Å². The van der Waals surface area contributed by atoms with Crippen LogP contribution in [0, 0.1) is 12.7 Å². The van der Waals surface area contributed by atoms with Crippen molar-refractivity contribution in [1.29, 1.82) is 0 Å². The number of guanidine groups is 1. The van der Waals surface area contributed by atoms with E-state index >= 15 is 0 Å². The van der Waals surface area contributed by atoms with Crippen LogP contribution in [0.5, 0.6) is 0 Å². The normalized spacial score (nSPS) is 11.4. The number of hydrogen-bond donors (Lipinski definition) is 2. The Bertz CT molecular complexity index is 670. The molecule has 0 bridgehead atoms. The maximum Gasteiger partial charge on any atom is 0.191 e. The first kappa shape index (κ1) is 17.9. The Morgan fingerprint density at radius 1 is 1.21 bits per heavy atom. The Morgan fingerprint density at radius 2 is 2.08 bits per heavy atom. The molecule has 5 heteroatoms. The van der Waals surface area contributed by atoms with Crippen LogP contribution in [0.4, 0.5) is 4.39 Å². The van der Waals surface area contributed by atoms with Gasteiger partial charge in [-0.1, -0.05) is 12.1 Å². The third kappa shape index (κ3) is 5.99. The molecule has 24 heavy (non-hydrogen) atoms. The van der Waals surface area contributed by atoms with E-state index in [1.807, 2.05) is 31.5 Å². The minimum atomic E-state index is -0.194. The summed E-state index contributed by atoms with van der Waals surface area (Å²) in [6.07, 6.45) is 5.33. The van der Waals surface area contributed by atoms with Crippen molar-refractivity contribution >= 4 is 5.96 Å². The zero-order valence-electron chi connectivity index (χ0n) is 14.3. The van der Waals surface area contributed by atoms with E-state index in [4.69, 9.17) is 0 Å². The summed E-state index contributed by atoms with van der Waals surface area (Å²) in [4.78, 5) is 8.70. The van der Waals surface area contributed by atoms with Crippen LogP contribution in [-0.4, -0.2) is 30.6 Å². The van der Waals surface area contributed by atoms with Crippen molar-refractivity contribution in [2.45, 2.75) is 26.7 Å². The van der Waals surface area contributed by atoms with Gasteiger partial charge in [-0.2, -0.15) is 0 Å². The van der Waals surface area contributed by atoms with Crippen LogP contribution >= 0.6 is 0 Å². The second-order valence-corrected chi connectivity index (χ2v) is 5.62. The monoisotopic (exact) mass is 328 g/mol. The zero-order valence-corrected chi connectivity index (χ0v) is 14.3. The van der Waals surface area contributed by atoms with Crippen molar-refractivity contribution in [3.05, 3.63) is 65.2 Å². The molecule has 0 aliphatic rings. The minimum absolute atomic E-state index is 0.194. The van der Waals surface area contributed by atoms with Crippen LogP contribution in [0.2, 0.25) is 0 Å². The average Bonchev–Trinajstić information content (AvgIpc) is 2.57. The molecule has 1 aromatic carbocycles. The number of aliphatic imine (C=N–C) groups is 1. The van der Waals surface area contributed by atoms with Gasteiger partial charge in [-0.25, -0.2) is 4.39 Å². The van der Waals surface area contributed by atoms with Crippen molar-refractivity contribution in [2.75, 3.05) is 19.6 Å². The first-order chi connectivity index (χ1) is 11.7. The van der Waals surface area contributed by atoms with Gasteiger partial charge in [-0.05, 0) is 61.6 Å². The molecule has 2 rings (SSSR count). The minimum Gasteiger partial charge on any atom is -0.357 e. The Hall–Kier alpha value is -2.43. The number of halogens is 1. The number of hydrogen-bond acceptors (Lipinski definition) is 2. The number of rotatable bonds is 7.